The van der Waals surface area contributed by atoms with Crippen LogP contribution in [-0.2, 0) is 9.59 Å². The van der Waals surface area contributed by atoms with E-state index in [4.69, 9.17) is 31.5 Å². The molecular formula is C16H17NO7S2. The molecule has 2 rings (SSSR count). The highest BCUT2D eigenvalue weighted by atomic mass is 32.2. The van der Waals surface area contributed by atoms with Gasteiger partial charge in [0.25, 0.3) is 5.91 Å². The van der Waals surface area contributed by atoms with E-state index in [9.17, 15) is 14.7 Å². The van der Waals surface area contributed by atoms with Crippen LogP contribution in [0.4, 0.5) is 0 Å². The van der Waals surface area contributed by atoms with Crippen LogP contribution >= 0.6 is 24.0 Å². The molecule has 1 aliphatic heterocycles. The number of aliphatic hydroxyl groups is 1. The molecule has 1 saturated heterocycles. The Morgan fingerprint density at radius 3 is 2.27 bits per heavy atom. The van der Waals surface area contributed by atoms with Crippen molar-refractivity contribution >= 4 is 46.3 Å². The summed E-state index contributed by atoms with van der Waals surface area (Å²) in [7, 11) is 4.42. The summed E-state index contributed by atoms with van der Waals surface area (Å²) in [5.74, 6) is -0.696. The predicted octanol–water partition coefficient (Wildman–Crippen LogP) is 1.36. The number of ether oxygens (including phenoxy) is 3. The lowest BCUT2D eigenvalue weighted by molar-refractivity contribution is -0.146. The zero-order chi connectivity index (χ0) is 19.4. The first kappa shape index (κ1) is 20.0. The second-order valence-electron chi connectivity index (χ2n) is 5.05. The average Bonchev–Trinajstić information content (AvgIpc) is 2.88. The third-order valence-electron chi connectivity index (χ3n) is 3.58. The van der Waals surface area contributed by atoms with E-state index in [1.807, 2.05) is 0 Å². The van der Waals surface area contributed by atoms with Crippen molar-refractivity contribution in [1.82, 2.24) is 4.90 Å². The summed E-state index contributed by atoms with van der Waals surface area (Å²) in [5.41, 5.74) is 0.580. The first-order chi connectivity index (χ1) is 12.4. The van der Waals surface area contributed by atoms with Crippen molar-refractivity contribution in [2.75, 3.05) is 27.9 Å². The summed E-state index contributed by atoms with van der Waals surface area (Å²) in [6.07, 6.45) is 1.54. The topological polar surface area (TPSA) is 106 Å². The van der Waals surface area contributed by atoms with Gasteiger partial charge in [0.15, 0.2) is 17.5 Å². The van der Waals surface area contributed by atoms with Crippen molar-refractivity contribution in [3.63, 3.8) is 0 Å². The molecule has 1 atom stereocenters. The van der Waals surface area contributed by atoms with E-state index < -0.39 is 24.5 Å². The van der Waals surface area contributed by atoms with Gasteiger partial charge in [-0.3, -0.25) is 9.69 Å². The van der Waals surface area contributed by atoms with E-state index in [2.05, 4.69) is 0 Å². The van der Waals surface area contributed by atoms with Crippen LogP contribution in [0.5, 0.6) is 17.2 Å². The Morgan fingerprint density at radius 2 is 1.85 bits per heavy atom. The van der Waals surface area contributed by atoms with Crippen molar-refractivity contribution in [2.45, 2.75) is 6.04 Å². The van der Waals surface area contributed by atoms with Crippen molar-refractivity contribution in [1.29, 1.82) is 0 Å². The summed E-state index contributed by atoms with van der Waals surface area (Å²) in [6, 6.07) is 1.87. The van der Waals surface area contributed by atoms with Crippen LogP contribution in [0.2, 0.25) is 0 Å². The first-order valence-electron chi connectivity index (χ1n) is 7.28. The minimum atomic E-state index is -1.42. The van der Waals surface area contributed by atoms with Crippen LogP contribution in [0.3, 0.4) is 0 Å². The average molecular weight is 399 g/mol. The maximum Gasteiger partial charge on any atom is 0.329 e. The van der Waals surface area contributed by atoms with Gasteiger partial charge < -0.3 is 24.4 Å². The molecule has 1 aromatic carbocycles. The van der Waals surface area contributed by atoms with Gasteiger partial charge in [0.2, 0.25) is 5.75 Å². The van der Waals surface area contributed by atoms with Crippen LogP contribution in [0, 0.1) is 0 Å². The van der Waals surface area contributed by atoms with Gasteiger partial charge in [0.05, 0.1) is 32.8 Å². The zero-order valence-electron chi connectivity index (χ0n) is 14.2. The number of aliphatic carboxylic acids is 1. The Hall–Kier alpha value is -2.30. The predicted molar refractivity (Wildman–Crippen MR) is 99.6 cm³/mol. The van der Waals surface area contributed by atoms with E-state index in [0.717, 1.165) is 16.7 Å². The molecule has 0 unspecified atom stereocenters. The highest BCUT2D eigenvalue weighted by Crippen LogP contribution is 2.40. The number of thioether (sulfide) groups is 1. The van der Waals surface area contributed by atoms with E-state index in [1.54, 1.807) is 18.2 Å². The lowest BCUT2D eigenvalue weighted by Crippen LogP contribution is -2.46. The quantitative estimate of drug-likeness (QED) is 0.519. The van der Waals surface area contributed by atoms with E-state index in [-0.39, 0.29) is 9.23 Å². The van der Waals surface area contributed by atoms with Crippen molar-refractivity contribution < 1.29 is 34.0 Å². The van der Waals surface area contributed by atoms with Gasteiger partial charge in [-0.15, -0.1) is 0 Å². The lowest BCUT2D eigenvalue weighted by Gasteiger charge is -2.20. The number of methoxy groups -OCH3 is 3. The molecule has 2 N–H and O–H groups in total. The number of hydrogen-bond donors (Lipinski definition) is 2. The number of carbonyl (C=O) groups is 2. The maximum atomic E-state index is 12.5. The van der Waals surface area contributed by atoms with Crippen molar-refractivity contribution in [3.05, 3.63) is 22.6 Å². The van der Waals surface area contributed by atoms with Crippen molar-refractivity contribution in [2.24, 2.45) is 0 Å². The zero-order valence-corrected chi connectivity index (χ0v) is 15.8. The molecule has 140 valence electrons. The number of thiocarbonyl (C=S) groups is 1. The Balaban J connectivity index is 2.43. The Labute approximate surface area is 159 Å². The number of rotatable bonds is 7. The summed E-state index contributed by atoms with van der Waals surface area (Å²) >= 11 is 6.05. The fraction of sp³-hybridized carbons (Fsp3) is 0.312. The molecule has 0 bridgehead atoms. The highest BCUT2D eigenvalue weighted by Gasteiger charge is 2.40. The number of hydrogen-bond acceptors (Lipinski definition) is 8. The Kier molecular flexibility index (Phi) is 6.46. The normalized spacial score (nSPS) is 16.8. The molecule has 0 radical (unpaired) electrons. The first-order valence-corrected chi connectivity index (χ1v) is 8.51. The largest absolute Gasteiger partial charge is 0.493 e. The van der Waals surface area contributed by atoms with E-state index in [0.29, 0.717) is 22.8 Å². The molecule has 1 amide bonds. The Morgan fingerprint density at radius 1 is 1.27 bits per heavy atom. The molecule has 0 spiro atoms. The van der Waals surface area contributed by atoms with E-state index >= 15 is 0 Å². The maximum absolute atomic E-state index is 12.5. The van der Waals surface area contributed by atoms with Crippen LogP contribution < -0.4 is 14.2 Å². The van der Waals surface area contributed by atoms with Crippen LogP contribution in [0.15, 0.2) is 17.0 Å². The van der Waals surface area contributed by atoms with E-state index in [1.165, 1.54) is 21.3 Å². The fourth-order valence-electron chi connectivity index (χ4n) is 2.35. The molecule has 10 heteroatoms. The van der Waals surface area contributed by atoms with Gasteiger partial charge in [-0.25, -0.2) is 4.79 Å². The van der Waals surface area contributed by atoms with Crippen molar-refractivity contribution in [3.8, 4) is 17.2 Å². The van der Waals surface area contributed by atoms with Gasteiger partial charge >= 0.3 is 5.97 Å². The third kappa shape index (κ3) is 3.76. The molecule has 8 nitrogen and oxygen atoms in total. The molecule has 26 heavy (non-hydrogen) atoms. The van der Waals surface area contributed by atoms with Gasteiger partial charge in [0, 0.05) is 0 Å². The molecule has 1 fully saturated rings. The SMILES string of the molecule is COc1cc(/C=C2\SC(=S)N([C@H](CO)C(=O)O)C2=O)cc(OC)c1OC. The number of amides is 1. The second kappa shape index (κ2) is 8.39. The summed E-state index contributed by atoms with van der Waals surface area (Å²) < 4.78 is 15.8. The molecule has 1 aromatic rings. The van der Waals surface area contributed by atoms with Gasteiger partial charge in [-0.2, -0.15) is 0 Å². The number of aliphatic hydroxyl groups excluding tert-OH is 1. The van der Waals surface area contributed by atoms with Crippen LogP contribution in [0.25, 0.3) is 6.08 Å². The monoisotopic (exact) mass is 399 g/mol. The number of carbonyl (C=O) groups excluding carboxylic acids is 1. The van der Waals surface area contributed by atoms with Gasteiger partial charge in [-0.05, 0) is 23.8 Å². The van der Waals surface area contributed by atoms with Gasteiger partial charge in [-0.1, -0.05) is 24.0 Å². The Bertz CT molecular complexity index is 753. The fourth-order valence-corrected chi connectivity index (χ4v) is 3.71. The molecular weight excluding hydrogens is 382 g/mol. The standard InChI is InChI=1S/C16H17NO7S2/c1-22-10-4-8(5-11(23-2)13(10)24-3)6-12-14(19)17(16(25)26-12)9(7-18)15(20)21/h4-6,9,18H,7H2,1-3H3,(H,20,21)/b12-6-/t9-/m1/s1. The summed E-state index contributed by atoms with van der Waals surface area (Å²) in [6.45, 7) is -0.737. The molecule has 0 aromatic heterocycles. The number of nitrogens with zero attached hydrogens (tertiary/aromatic N) is 1. The molecule has 0 aliphatic carbocycles. The number of carboxylic acid groups (broad SMARTS) is 1. The molecule has 0 saturated carbocycles. The smallest absolute Gasteiger partial charge is 0.329 e. The second-order valence-corrected chi connectivity index (χ2v) is 6.72. The molecule has 1 aliphatic rings. The number of benzene rings is 1. The van der Waals surface area contributed by atoms with Gasteiger partial charge in [0.1, 0.15) is 4.32 Å². The molecule has 1 heterocycles. The number of carboxylic acids is 1. The minimum absolute atomic E-state index is 0.0649. The minimum Gasteiger partial charge on any atom is -0.493 e. The van der Waals surface area contributed by atoms with Crippen LogP contribution in [0.1, 0.15) is 5.56 Å². The highest BCUT2D eigenvalue weighted by molar-refractivity contribution is 8.26. The van der Waals surface area contributed by atoms with Crippen LogP contribution in [-0.4, -0.2) is 65.3 Å². The third-order valence-corrected chi connectivity index (χ3v) is 4.91. The summed E-state index contributed by atoms with van der Waals surface area (Å²) in [4.78, 5) is 24.9. The summed E-state index contributed by atoms with van der Waals surface area (Å²) in [5, 5.41) is 18.4. The lowest BCUT2D eigenvalue weighted by atomic mass is 10.1.